The van der Waals surface area contributed by atoms with E-state index in [1.807, 2.05) is 56.4 Å². The van der Waals surface area contributed by atoms with Crippen LogP contribution in [0.3, 0.4) is 0 Å². The summed E-state index contributed by atoms with van der Waals surface area (Å²) in [6, 6.07) is 11.9. The van der Waals surface area contributed by atoms with Gasteiger partial charge in [-0.1, -0.05) is 29.8 Å². The van der Waals surface area contributed by atoms with Gasteiger partial charge >= 0.3 is 0 Å². The highest BCUT2D eigenvalue weighted by molar-refractivity contribution is 5.96. The van der Waals surface area contributed by atoms with Crippen molar-refractivity contribution in [2.75, 3.05) is 13.6 Å². The van der Waals surface area contributed by atoms with E-state index >= 15 is 0 Å². The van der Waals surface area contributed by atoms with Crippen LogP contribution in [0.2, 0.25) is 0 Å². The van der Waals surface area contributed by atoms with Crippen LogP contribution in [0.15, 0.2) is 41.4 Å². The van der Waals surface area contributed by atoms with Gasteiger partial charge in [0.05, 0.1) is 12.0 Å². The third-order valence-electron chi connectivity index (χ3n) is 4.47. The van der Waals surface area contributed by atoms with E-state index in [0.29, 0.717) is 12.1 Å². The zero-order valence-electron chi connectivity index (χ0n) is 15.8. The van der Waals surface area contributed by atoms with Gasteiger partial charge in [-0.05, 0) is 56.5 Å². The van der Waals surface area contributed by atoms with E-state index in [0.717, 1.165) is 28.9 Å². The van der Waals surface area contributed by atoms with Crippen molar-refractivity contribution in [1.29, 1.82) is 0 Å². The molecule has 0 aliphatic carbocycles. The Kier molecular flexibility index (Phi) is 6.34. The molecule has 0 spiro atoms. The Morgan fingerprint density at radius 3 is 2.40 bits per heavy atom. The average Bonchev–Trinajstić information content (AvgIpc) is 2.62. The summed E-state index contributed by atoms with van der Waals surface area (Å²) in [7, 11) is 1.98. The summed E-state index contributed by atoms with van der Waals surface area (Å²) in [5.74, 6) is -0.0534. The Hall–Kier alpha value is -2.62. The van der Waals surface area contributed by atoms with E-state index in [-0.39, 0.29) is 5.91 Å². The van der Waals surface area contributed by atoms with Gasteiger partial charge in [-0.15, -0.1) is 0 Å². The molecule has 0 radical (unpaired) electrons. The molecule has 0 bridgehead atoms. The summed E-state index contributed by atoms with van der Waals surface area (Å²) in [4.78, 5) is 19.0. The number of carbonyl (C=O) groups excluding carboxylic acids is 1. The highest BCUT2D eigenvalue weighted by atomic mass is 16.1. The normalized spacial score (nSPS) is 10.9. The van der Waals surface area contributed by atoms with Crippen LogP contribution in [0.1, 0.15) is 39.5 Å². The third kappa shape index (κ3) is 4.92. The van der Waals surface area contributed by atoms with E-state index in [9.17, 15) is 4.79 Å². The number of aryl methyl sites for hydroxylation is 1. The number of benzene rings is 2. The van der Waals surface area contributed by atoms with Gasteiger partial charge < -0.3 is 10.2 Å². The summed E-state index contributed by atoms with van der Waals surface area (Å²) in [6.07, 6.45) is 1.82. The van der Waals surface area contributed by atoms with Gasteiger partial charge in [-0.2, -0.15) is 0 Å². The predicted molar refractivity (Wildman–Crippen MR) is 105 cm³/mol. The van der Waals surface area contributed by atoms with Gasteiger partial charge in [0.15, 0.2) is 0 Å². The van der Waals surface area contributed by atoms with Gasteiger partial charge in [0, 0.05) is 25.7 Å². The van der Waals surface area contributed by atoms with Crippen molar-refractivity contribution in [2.45, 2.75) is 34.2 Å². The lowest BCUT2D eigenvalue weighted by Gasteiger charge is -2.13. The number of carbonyl (C=O) groups is 1. The third-order valence-corrected chi connectivity index (χ3v) is 4.47. The van der Waals surface area contributed by atoms with Crippen molar-refractivity contribution >= 4 is 17.9 Å². The van der Waals surface area contributed by atoms with Crippen LogP contribution in [0.25, 0.3) is 0 Å². The van der Waals surface area contributed by atoms with Crippen LogP contribution in [0, 0.1) is 20.8 Å². The summed E-state index contributed by atoms with van der Waals surface area (Å²) in [6.45, 7) is 9.53. The Balaban J connectivity index is 2.10. The molecule has 0 aromatic heterocycles. The maximum absolute atomic E-state index is 12.5. The molecule has 0 saturated heterocycles. The first-order valence-corrected chi connectivity index (χ1v) is 8.60. The van der Waals surface area contributed by atoms with Crippen LogP contribution in [0.4, 0.5) is 5.69 Å². The number of hydrogen-bond acceptors (Lipinski definition) is 2. The van der Waals surface area contributed by atoms with Gasteiger partial charge in [0.25, 0.3) is 5.91 Å². The van der Waals surface area contributed by atoms with Crippen molar-refractivity contribution in [3.05, 3.63) is 64.2 Å². The number of amides is 1. The van der Waals surface area contributed by atoms with Crippen LogP contribution < -0.4 is 5.32 Å². The molecule has 0 heterocycles. The van der Waals surface area contributed by atoms with Gasteiger partial charge in [-0.3, -0.25) is 4.79 Å². The number of nitrogens with one attached hydrogen (secondary N) is 1. The molecule has 2 aromatic rings. The van der Waals surface area contributed by atoms with Gasteiger partial charge in [0.2, 0.25) is 0 Å². The molecule has 0 saturated carbocycles. The Morgan fingerprint density at radius 1 is 1.08 bits per heavy atom. The first kappa shape index (κ1) is 18.7. The maximum Gasteiger partial charge on any atom is 0.251 e. The molecule has 0 atom stereocenters. The fourth-order valence-corrected chi connectivity index (χ4v) is 2.42. The minimum atomic E-state index is -0.0534. The molecule has 2 aromatic carbocycles. The van der Waals surface area contributed by atoms with Crippen molar-refractivity contribution in [1.82, 2.24) is 10.2 Å². The second kappa shape index (κ2) is 8.47. The number of rotatable bonds is 6. The molecule has 1 N–H and O–H groups in total. The molecule has 0 aliphatic rings. The quantitative estimate of drug-likeness (QED) is 0.635. The van der Waals surface area contributed by atoms with E-state index in [1.54, 1.807) is 0 Å². The molecule has 0 aliphatic heterocycles. The number of nitrogens with zero attached hydrogens (tertiary/aromatic N) is 2. The van der Waals surface area contributed by atoms with Crippen molar-refractivity contribution < 1.29 is 4.79 Å². The molecular weight excluding hydrogens is 310 g/mol. The molecule has 0 unspecified atom stereocenters. The fourth-order valence-electron chi connectivity index (χ4n) is 2.42. The van der Waals surface area contributed by atoms with E-state index in [2.05, 4.69) is 36.3 Å². The second-order valence-corrected chi connectivity index (χ2v) is 6.37. The zero-order chi connectivity index (χ0) is 18.4. The number of hydrogen-bond donors (Lipinski definition) is 1. The second-order valence-electron chi connectivity index (χ2n) is 6.37. The highest BCUT2D eigenvalue weighted by Crippen LogP contribution is 2.24. The monoisotopic (exact) mass is 337 g/mol. The van der Waals surface area contributed by atoms with Crippen LogP contribution in [-0.2, 0) is 6.54 Å². The summed E-state index contributed by atoms with van der Waals surface area (Å²) >= 11 is 0. The standard InChI is InChI=1S/C21H27N3O/c1-6-24(5)14-23-20-12-11-19(16(3)17(20)4)21(25)22-13-18-9-7-15(2)8-10-18/h7-12,14H,6,13H2,1-5H3,(H,22,25). The molecule has 2 rings (SSSR count). The van der Waals surface area contributed by atoms with Crippen LogP contribution in [0.5, 0.6) is 0 Å². The first-order valence-electron chi connectivity index (χ1n) is 8.60. The van der Waals surface area contributed by atoms with Crippen LogP contribution in [-0.4, -0.2) is 30.7 Å². The van der Waals surface area contributed by atoms with Gasteiger partial charge in [0.1, 0.15) is 0 Å². The van der Waals surface area contributed by atoms with E-state index in [1.165, 1.54) is 5.56 Å². The molecule has 4 heteroatoms. The SMILES string of the molecule is CCN(C)C=Nc1ccc(C(=O)NCc2ccc(C)cc2)c(C)c1C. The predicted octanol–water partition coefficient (Wildman–Crippen LogP) is 4.15. The molecular formula is C21H27N3O. The Bertz CT molecular complexity index is 763. The lowest BCUT2D eigenvalue weighted by molar-refractivity contribution is 0.0950. The van der Waals surface area contributed by atoms with Crippen LogP contribution >= 0.6 is 0 Å². The zero-order valence-corrected chi connectivity index (χ0v) is 15.8. The Labute approximate surface area is 150 Å². The highest BCUT2D eigenvalue weighted by Gasteiger charge is 2.12. The van der Waals surface area contributed by atoms with Crippen molar-refractivity contribution in [3.63, 3.8) is 0 Å². The molecule has 1 amide bonds. The smallest absolute Gasteiger partial charge is 0.251 e. The first-order chi connectivity index (χ1) is 11.9. The molecule has 25 heavy (non-hydrogen) atoms. The van der Waals surface area contributed by atoms with Crippen molar-refractivity contribution in [2.24, 2.45) is 4.99 Å². The lowest BCUT2D eigenvalue weighted by Crippen LogP contribution is -2.23. The summed E-state index contributed by atoms with van der Waals surface area (Å²) in [5.41, 5.74) is 5.91. The maximum atomic E-state index is 12.5. The van der Waals surface area contributed by atoms with E-state index < -0.39 is 0 Å². The topological polar surface area (TPSA) is 44.7 Å². The minimum absolute atomic E-state index is 0.0534. The number of aliphatic imine (C=N–C) groups is 1. The largest absolute Gasteiger partial charge is 0.366 e. The fraction of sp³-hybridized carbons (Fsp3) is 0.333. The van der Waals surface area contributed by atoms with Gasteiger partial charge in [-0.25, -0.2) is 4.99 Å². The lowest BCUT2D eigenvalue weighted by atomic mass is 10.0. The molecule has 4 nitrogen and oxygen atoms in total. The van der Waals surface area contributed by atoms with Crippen molar-refractivity contribution in [3.8, 4) is 0 Å². The summed E-state index contributed by atoms with van der Waals surface area (Å²) < 4.78 is 0. The molecule has 132 valence electrons. The summed E-state index contributed by atoms with van der Waals surface area (Å²) in [5, 5.41) is 3.00. The van der Waals surface area contributed by atoms with E-state index in [4.69, 9.17) is 0 Å². The molecule has 0 fully saturated rings. The minimum Gasteiger partial charge on any atom is -0.366 e. The average molecular weight is 337 g/mol. The Morgan fingerprint density at radius 2 is 1.76 bits per heavy atom.